The fourth-order valence-corrected chi connectivity index (χ4v) is 4.74. The Bertz CT molecular complexity index is 1190. The molecule has 2 atom stereocenters. The van der Waals surface area contributed by atoms with Gasteiger partial charge in [-0.2, -0.15) is 5.10 Å². The highest BCUT2D eigenvalue weighted by Gasteiger charge is 2.34. The minimum absolute atomic E-state index is 0.217. The van der Waals surface area contributed by atoms with Gasteiger partial charge in [0, 0.05) is 41.7 Å². The summed E-state index contributed by atoms with van der Waals surface area (Å²) in [6.07, 6.45) is 8.49. The third-order valence-corrected chi connectivity index (χ3v) is 6.13. The van der Waals surface area contributed by atoms with Crippen molar-refractivity contribution in [3.8, 4) is 28.4 Å². The number of hydrogen-bond acceptors (Lipinski definition) is 7. The van der Waals surface area contributed by atoms with Crippen molar-refractivity contribution in [3.63, 3.8) is 0 Å². The van der Waals surface area contributed by atoms with Gasteiger partial charge in [-0.25, -0.2) is 0 Å². The molecule has 9 nitrogen and oxygen atoms in total. The Morgan fingerprint density at radius 3 is 2.53 bits per heavy atom. The molecule has 2 bridgehead atoms. The van der Waals surface area contributed by atoms with Gasteiger partial charge in [-0.15, -0.1) is 15.3 Å². The lowest BCUT2D eigenvalue weighted by Gasteiger charge is -2.28. The average molecular weight is 402 g/mol. The second-order valence-electron chi connectivity index (χ2n) is 8.20. The van der Waals surface area contributed by atoms with Crippen LogP contribution >= 0.6 is 0 Å². The zero-order valence-corrected chi connectivity index (χ0v) is 16.6. The van der Waals surface area contributed by atoms with Crippen LogP contribution in [0.1, 0.15) is 25.7 Å². The number of rotatable bonds is 4. The zero-order chi connectivity index (χ0) is 20.1. The maximum absolute atomic E-state index is 6.13. The molecule has 2 N–H and O–H groups in total. The van der Waals surface area contributed by atoms with Gasteiger partial charge in [-0.1, -0.05) is 11.3 Å². The maximum atomic E-state index is 6.13. The van der Waals surface area contributed by atoms with E-state index in [9.17, 15) is 0 Å². The number of ether oxygens (including phenoxy) is 1. The van der Waals surface area contributed by atoms with Gasteiger partial charge in [0.1, 0.15) is 11.8 Å². The van der Waals surface area contributed by atoms with Crippen molar-refractivity contribution in [1.82, 2.24) is 40.7 Å². The third-order valence-electron chi connectivity index (χ3n) is 6.13. The summed E-state index contributed by atoms with van der Waals surface area (Å²) in [6, 6.07) is 9.07. The monoisotopic (exact) mass is 402 g/mol. The molecule has 152 valence electrons. The molecule has 0 aliphatic carbocycles. The molecule has 3 aromatic heterocycles. The molecule has 2 aliphatic heterocycles. The first-order chi connectivity index (χ1) is 14.7. The summed E-state index contributed by atoms with van der Waals surface area (Å²) < 4.78 is 7.82. The van der Waals surface area contributed by atoms with Crippen LogP contribution in [0.4, 0.5) is 0 Å². The highest BCUT2D eigenvalue weighted by Crippen LogP contribution is 2.33. The van der Waals surface area contributed by atoms with Crippen LogP contribution in [0.3, 0.4) is 0 Å². The summed E-state index contributed by atoms with van der Waals surface area (Å²) in [5.74, 6) is 0.585. The number of aryl methyl sites for hydroxylation is 1. The Morgan fingerprint density at radius 1 is 0.967 bits per heavy atom. The van der Waals surface area contributed by atoms with E-state index in [0.29, 0.717) is 18.0 Å². The molecule has 1 aromatic carbocycles. The van der Waals surface area contributed by atoms with E-state index in [1.165, 1.54) is 12.8 Å². The van der Waals surface area contributed by atoms with E-state index < -0.39 is 0 Å². The Balaban J connectivity index is 1.27. The van der Waals surface area contributed by atoms with E-state index in [-0.39, 0.29) is 6.10 Å². The smallest absolute Gasteiger partial charge is 0.233 e. The van der Waals surface area contributed by atoms with E-state index in [4.69, 9.17) is 4.74 Å². The summed E-state index contributed by atoms with van der Waals surface area (Å²) in [4.78, 5) is 0. The Hall–Kier alpha value is -3.33. The Labute approximate surface area is 172 Å². The second-order valence-corrected chi connectivity index (χ2v) is 8.20. The molecule has 30 heavy (non-hydrogen) atoms. The van der Waals surface area contributed by atoms with Crippen molar-refractivity contribution in [1.29, 1.82) is 0 Å². The van der Waals surface area contributed by atoms with Gasteiger partial charge >= 0.3 is 0 Å². The first-order valence-corrected chi connectivity index (χ1v) is 10.3. The van der Waals surface area contributed by atoms with Crippen LogP contribution in [0.15, 0.2) is 36.7 Å². The van der Waals surface area contributed by atoms with Crippen molar-refractivity contribution in [2.24, 2.45) is 7.05 Å². The highest BCUT2D eigenvalue weighted by atomic mass is 16.5. The molecule has 9 heteroatoms. The molecule has 2 fully saturated rings. The van der Waals surface area contributed by atoms with Crippen molar-refractivity contribution in [2.45, 2.75) is 43.9 Å². The van der Waals surface area contributed by atoms with E-state index in [1.54, 1.807) is 10.9 Å². The number of piperidine rings is 1. The number of hydrogen-bond donors (Lipinski definition) is 2. The molecule has 2 aliphatic rings. The van der Waals surface area contributed by atoms with E-state index in [0.717, 1.165) is 46.3 Å². The third kappa shape index (κ3) is 3.02. The summed E-state index contributed by atoms with van der Waals surface area (Å²) in [5, 5.41) is 29.0. The van der Waals surface area contributed by atoms with Crippen LogP contribution in [0, 0.1) is 0 Å². The highest BCUT2D eigenvalue weighted by molar-refractivity contribution is 6.01. The number of fused-ring (bicyclic) bond motifs is 3. The topological polar surface area (TPSA) is 106 Å². The quantitative estimate of drug-likeness (QED) is 0.540. The van der Waals surface area contributed by atoms with E-state index in [2.05, 4.69) is 36.0 Å². The van der Waals surface area contributed by atoms with E-state index >= 15 is 0 Å². The van der Waals surface area contributed by atoms with Crippen LogP contribution in [0.2, 0.25) is 0 Å². The Morgan fingerprint density at radius 2 is 1.80 bits per heavy atom. The van der Waals surface area contributed by atoms with Crippen molar-refractivity contribution >= 4 is 10.9 Å². The lowest BCUT2D eigenvalue weighted by molar-refractivity contribution is 0.130. The molecular formula is C21H22N8O. The van der Waals surface area contributed by atoms with Crippen molar-refractivity contribution in [2.75, 3.05) is 0 Å². The van der Waals surface area contributed by atoms with E-state index in [1.807, 2.05) is 37.5 Å². The number of aromatic amines is 1. The predicted molar refractivity (Wildman–Crippen MR) is 111 cm³/mol. The summed E-state index contributed by atoms with van der Waals surface area (Å²) >= 11 is 0. The predicted octanol–water partition coefficient (Wildman–Crippen LogP) is 2.48. The number of aromatic nitrogens is 7. The molecule has 5 heterocycles. The lowest BCUT2D eigenvalue weighted by atomic mass is 10.0. The fraction of sp³-hybridized carbons (Fsp3) is 0.381. The summed E-state index contributed by atoms with van der Waals surface area (Å²) in [5.41, 5.74) is 4.39. The van der Waals surface area contributed by atoms with Crippen LogP contribution in [0.5, 0.6) is 5.88 Å². The van der Waals surface area contributed by atoms with Crippen molar-refractivity contribution < 1.29 is 4.74 Å². The van der Waals surface area contributed by atoms with Crippen LogP contribution < -0.4 is 10.1 Å². The van der Waals surface area contributed by atoms with Gasteiger partial charge in [0.15, 0.2) is 0 Å². The summed E-state index contributed by atoms with van der Waals surface area (Å²) in [6.45, 7) is 0. The molecular weight excluding hydrogens is 380 g/mol. The standard InChI is InChI=1S/C21H22N8O/c1-29-11-19(25-28-29)15-4-5-16(21-17(15)10-22-27-21)18-6-7-20(26-24-18)30-14-8-12-2-3-13(9-14)23-12/h4-7,10-14,23H,2-3,8-9H2,1H3,(H,22,27). The van der Waals surface area contributed by atoms with Gasteiger partial charge in [-0.05, 0) is 37.8 Å². The van der Waals surface area contributed by atoms with Crippen LogP contribution in [0.25, 0.3) is 33.4 Å². The fourth-order valence-electron chi connectivity index (χ4n) is 4.74. The minimum atomic E-state index is 0.217. The number of benzene rings is 1. The van der Waals surface area contributed by atoms with Crippen LogP contribution in [-0.2, 0) is 7.05 Å². The van der Waals surface area contributed by atoms with Crippen molar-refractivity contribution in [3.05, 3.63) is 36.7 Å². The molecule has 0 radical (unpaired) electrons. The summed E-state index contributed by atoms with van der Waals surface area (Å²) in [7, 11) is 1.85. The Kier molecular flexibility index (Phi) is 4.02. The van der Waals surface area contributed by atoms with Crippen LogP contribution in [-0.4, -0.2) is 53.6 Å². The minimum Gasteiger partial charge on any atom is -0.473 e. The molecule has 6 rings (SSSR count). The average Bonchev–Trinajstić information content (AvgIpc) is 3.48. The van der Waals surface area contributed by atoms with Gasteiger partial charge in [0.2, 0.25) is 5.88 Å². The SMILES string of the molecule is Cn1cc(-c2ccc(-c3ccc(OC4CC5CCC(C4)N5)nn3)c3[nH]ncc23)nn1. The first kappa shape index (κ1) is 17.5. The van der Waals surface area contributed by atoms with Gasteiger partial charge in [0.05, 0.1) is 23.6 Å². The van der Waals surface area contributed by atoms with Gasteiger partial charge in [0.25, 0.3) is 0 Å². The van der Waals surface area contributed by atoms with Gasteiger partial charge < -0.3 is 10.1 Å². The molecule has 2 unspecified atom stereocenters. The second kappa shape index (κ2) is 6.88. The maximum Gasteiger partial charge on any atom is 0.233 e. The molecule has 0 spiro atoms. The number of nitrogens with zero attached hydrogens (tertiary/aromatic N) is 6. The van der Waals surface area contributed by atoms with Gasteiger partial charge in [-0.3, -0.25) is 9.78 Å². The lowest BCUT2D eigenvalue weighted by Crippen LogP contribution is -2.42. The molecule has 4 aromatic rings. The molecule has 0 amide bonds. The zero-order valence-electron chi connectivity index (χ0n) is 16.6. The number of nitrogens with one attached hydrogen (secondary N) is 2. The number of H-pyrrole nitrogens is 1. The molecule has 0 saturated carbocycles. The molecule has 2 saturated heterocycles. The normalized spacial score (nSPS) is 23.2. The largest absolute Gasteiger partial charge is 0.473 e. The first-order valence-electron chi connectivity index (χ1n) is 10.3.